The van der Waals surface area contributed by atoms with Crippen LogP contribution in [0.3, 0.4) is 0 Å². The molecule has 0 aliphatic rings. The monoisotopic (exact) mass is 253 g/mol. The van der Waals surface area contributed by atoms with Gasteiger partial charge < -0.3 is 4.90 Å². The quantitative estimate of drug-likeness (QED) is 0.523. The summed E-state index contributed by atoms with van der Waals surface area (Å²) in [6.45, 7) is 2.04. The van der Waals surface area contributed by atoms with Gasteiger partial charge in [0.25, 0.3) is 0 Å². The van der Waals surface area contributed by atoms with E-state index < -0.39 is 0 Å². The smallest absolute Gasteiger partial charge is 0.221 e. The van der Waals surface area contributed by atoms with Crippen molar-refractivity contribution in [2.75, 3.05) is 13.6 Å². The van der Waals surface area contributed by atoms with Crippen LogP contribution in [0.15, 0.2) is 30.3 Å². The molecular formula is C14H20ClNO. The van der Waals surface area contributed by atoms with Gasteiger partial charge in [-0.2, -0.15) is 0 Å². The van der Waals surface area contributed by atoms with Gasteiger partial charge >= 0.3 is 0 Å². The van der Waals surface area contributed by atoms with Gasteiger partial charge in [-0.15, -0.1) is 0 Å². The van der Waals surface area contributed by atoms with Gasteiger partial charge in [-0.05, 0) is 43.6 Å². The van der Waals surface area contributed by atoms with E-state index in [4.69, 9.17) is 11.6 Å². The first-order valence-electron chi connectivity index (χ1n) is 6.09. The number of benzene rings is 1. The summed E-state index contributed by atoms with van der Waals surface area (Å²) in [5, 5.41) is -0.220. The fraction of sp³-hybridized carbons (Fsp3) is 0.500. The molecular weight excluding hydrogens is 234 g/mol. The van der Waals surface area contributed by atoms with Gasteiger partial charge in [0.1, 0.15) is 0 Å². The molecule has 1 rings (SSSR count). The van der Waals surface area contributed by atoms with Crippen LogP contribution in [0.25, 0.3) is 0 Å². The second kappa shape index (κ2) is 8.26. The van der Waals surface area contributed by atoms with Crippen molar-refractivity contribution in [1.29, 1.82) is 0 Å². The first kappa shape index (κ1) is 14.2. The van der Waals surface area contributed by atoms with E-state index in [2.05, 4.69) is 36.2 Å². The Kier molecular flexibility index (Phi) is 6.90. The van der Waals surface area contributed by atoms with Crippen LogP contribution in [0, 0.1) is 0 Å². The average molecular weight is 254 g/mol. The third-order valence-corrected chi connectivity index (χ3v) is 2.90. The van der Waals surface area contributed by atoms with Crippen molar-refractivity contribution < 1.29 is 4.79 Å². The molecule has 2 nitrogen and oxygen atoms in total. The summed E-state index contributed by atoms with van der Waals surface area (Å²) in [6.07, 6.45) is 3.59. The molecule has 1 aromatic carbocycles. The lowest BCUT2D eigenvalue weighted by Gasteiger charge is -2.16. The summed E-state index contributed by atoms with van der Waals surface area (Å²) >= 11 is 5.28. The predicted octanol–water partition coefficient (Wildman–Crippen LogP) is 3.44. The van der Waals surface area contributed by atoms with Crippen LogP contribution in [0.5, 0.6) is 0 Å². The molecule has 0 fully saturated rings. The maximum atomic E-state index is 10.5. The Bertz CT molecular complexity index is 326. The predicted molar refractivity (Wildman–Crippen MR) is 72.1 cm³/mol. The van der Waals surface area contributed by atoms with Gasteiger partial charge in [-0.1, -0.05) is 36.8 Å². The highest BCUT2D eigenvalue weighted by Crippen LogP contribution is 2.06. The standard InChI is InChI=1S/C14H20ClNO/c1-16(11-7-3-6-10-14(15)17)12-13-8-4-2-5-9-13/h2,4-5,8-9H,3,6-7,10-12H2,1H3. The Morgan fingerprint density at radius 2 is 1.88 bits per heavy atom. The molecule has 0 unspecified atom stereocenters. The number of hydrogen-bond donors (Lipinski definition) is 0. The van der Waals surface area contributed by atoms with Crippen molar-refractivity contribution in [2.24, 2.45) is 0 Å². The lowest BCUT2D eigenvalue weighted by atomic mass is 10.2. The fourth-order valence-corrected chi connectivity index (χ4v) is 1.93. The number of carbonyl (C=O) groups excluding carboxylic acids is 1. The minimum Gasteiger partial charge on any atom is -0.302 e. The summed E-state index contributed by atoms with van der Waals surface area (Å²) in [6, 6.07) is 10.4. The number of nitrogens with zero attached hydrogens (tertiary/aromatic N) is 1. The van der Waals surface area contributed by atoms with Crippen molar-refractivity contribution in [2.45, 2.75) is 32.2 Å². The molecule has 0 aliphatic heterocycles. The second-order valence-corrected chi connectivity index (χ2v) is 4.81. The number of halogens is 1. The van der Waals surface area contributed by atoms with Crippen molar-refractivity contribution >= 4 is 16.8 Å². The Morgan fingerprint density at radius 1 is 1.18 bits per heavy atom. The van der Waals surface area contributed by atoms with Crippen LogP contribution in [0.1, 0.15) is 31.2 Å². The molecule has 0 spiro atoms. The molecule has 0 bridgehead atoms. The number of rotatable bonds is 8. The summed E-state index contributed by atoms with van der Waals surface area (Å²) < 4.78 is 0. The first-order chi connectivity index (χ1) is 8.18. The summed E-state index contributed by atoms with van der Waals surface area (Å²) in [4.78, 5) is 12.8. The van der Waals surface area contributed by atoms with Crippen LogP contribution in [-0.4, -0.2) is 23.7 Å². The lowest BCUT2D eigenvalue weighted by molar-refractivity contribution is -0.111. The van der Waals surface area contributed by atoms with E-state index in [1.165, 1.54) is 5.56 Å². The molecule has 0 saturated heterocycles. The van der Waals surface area contributed by atoms with Crippen LogP contribution in [-0.2, 0) is 11.3 Å². The van der Waals surface area contributed by atoms with E-state index in [0.29, 0.717) is 6.42 Å². The van der Waals surface area contributed by atoms with E-state index in [1.54, 1.807) is 0 Å². The first-order valence-corrected chi connectivity index (χ1v) is 6.47. The zero-order valence-electron chi connectivity index (χ0n) is 10.4. The minimum atomic E-state index is -0.220. The number of hydrogen-bond acceptors (Lipinski definition) is 2. The Hall–Kier alpha value is -0.860. The largest absolute Gasteiger partial charge is 0.302 e. The molecule has 1 aromatic rings. The van der Waals surface area contributed by atoms with Gasteiger partial charge in [-0.25, -0.2) is 0 Å². The van der Waals surface area contributed by atoms with Crippen molar-refractivity contribution in [3.8, 4) is 0 Å². The number of unbranched alkanes of at least 4 members (excludes halogenated alkanes) is 2. The topological polar surface area (TPSA) is 20.3 Å². The fourth-order valence-electron chi connectivity index (χ4n) is 1.80. The number of carbonyl (C=O) groups is 1. The van der Waals surface area contributed by atoms with Crippen LogP contribution < -0.4 is 0 Å². The van der Waals surface area contributed by atoms with E-state index >= 15 is 0 Å². The molecule has 0 atom stereocenters. The Balaban J connectivity index is 2.09. The Morgan fingerprint density at radius 3 is 2.53 bits per heavy atom. The molecule has 0 aliphatic carbocycles. The average Bonchev–Trinajstić information content (AvgIpc) is 2.29. The van der Waals surface area contributed by atoms with Crippen LogP contribution in [0.4, 0.5) is 0 Å². The molecule has 3 heteroatoms. The van der Waals surface area contributed by atoms with Gasteiger partial charge in [0, 0.05) is 13.0 Å². The molecule has 17 heavy (non-hydrogen) atoms. The molecule has 0 heterocycles. The molecule has 0 aromatic heterocycles. The lowest BCUT2D eigenvalue weighted by Crippen LogP contribution is -2.18. The Labute approximate surface area is 109 Å². The van der Waals surface area contributed by atoms with Gasteiger partial charge in [0.15, 0.2) is 0 Å². The molecule has 0 radical (unpaired) electrons. The van der Waals surface area contributed by atoms with E-state index in [9.17, 15) is 4.79 Å². The summed E-state index contributed by atoms with van der Waals surface area (Å²) in [5.41, 5.74) is 1.34. The van der Waals surface area contributed by atoms with Crippen molar-refractivity contribution in [3.05, 3.63) is 35.9 Å². The van der Waals surface area contributed by atoms with Gasteiger partial charge in [0.2, 0.25) is 5.24 Å². The summed E-state index contributed by atoms with van der Waals surface area (Å²) in [7, 11) is 2.12. The second-order valence-electron chi connectivity index (χ2n) is 4.39. The van der Waals surface area contributed by atoms with Gasteiger partial charge in [-0.3, -0.25) is 4.79 Å². The highest BCUT2D eigenvalue weighted by molar-refractivity contribution is 6.63. The summed E-state index contributed by atoms with van der Waals surface area (Å²) in [5.74, 6) is 0. The zero-order chi connectivity index (χ0) is 12.5. The SMILES string of the molecule is CN(CCCCCC(=O)Cl)Cc1ccccc1. The molecule has 0 saturated carbocycles. The highest BCUT2D eigenvalue weighted by Gasteiger charge is 2.00. The van der Waals surface area contributed by atoms with Crippen LogP contribution >= 0.6 is 11.6 Å². The third kappa shape index (κ3) is 7.14. The zero-order valence-corrected chi connectivity index (χ0v) is 11.1. The van der Waals surface area contributed by atoms with Crippen LogP contribution in [0.2, 0.25) is 0 Å². The van der Waals surface area contributed by atoms with E-state index in [-0.39, 0.29) is 5.24 Å². The van der Waals surface area contributed by atoms with E-state index in [1.807, 2.05) is 6.07 Å². The van der Waals surface area contributed by atoms with Crippen molar-refractivity contribution in [1.82, 2.24) is 4.90 Å². The van der Waals surface area contributed by atoms with Gasteiger partial charge in [0.05, 0.1) is 0 Å². The van der Waals surface area contributed by atoms with E-state index in [0.717, 1.165) is 32.4 Å². The highest BCUT2D eigenvalue weighted by atomic mass is 35.5. The molecule has 0 N–H and O–H groups in total. The normalized spacial score (nSPS) is 10.8. The maximum Gasteiger partial charge on any atom is 0.221 e. The van der Waals surface area contributed by atoms with Crippen molar-refractivity contribution in [3.63, 3.8) is 0 Å². The maximum absolute atomic E-state index is 10.5. The third-order valence-electron chi connectivity index (χ3n) is 2.71. The molecule has 0 amide bonds. The minimum absolute atomic E-state index is 0.220. The molecule has 94 valence electrons.